The number of aromatic nitrogens is 2. The molecule has 0 bridgehead atoms. The summed E-state index contributed by atoms with van der Waals surface area (Å²) in [5.41, 5.74) is 2.29. The van der Waals surface area contributed by atoms with Gasteiger partial charge in [0.25, 0.3) is 5.91 Å². The number of sulfonamides is 1. The van der Waals surface area contributed by atoms with Gasteiger partial charge in [0.15, 0.2) is 0 Å². The highest BCUT2D eigenvalue weighted by molar-refractivity contribution is 7.89. The first-order valence-electron chi connectivity index (χ1n) is 12.7. The molecule has 3 aliphatic heterocycles. The number of hydrogen-bond acceptors (Lipinski definition) is 7. The summed E-state index contributed by atoms with van der Waals surface area (Å²) in [4.78, 5) is 16.8. The first-order chi connectivity index (χ1) is 18.2. The number of benzene rings is 1. The van der Waals surface area contributed by atoms with Gasteiger partial charge < -0.3 is 15.5 Å². The molecule has 2 aromatic rings. The number of likely N-dealkylation sites (N-methyl/N-ethyl adjacent to an activating group) is 1. The van der Waals surface area contributed by atoms with E-state index in [4.69, 9.17) is 0 Å². The van der Waals surface area contributed by atoms with E-state index in [-0.39, 0.29) is 16.5 Å². The fourth-order valence-corrected chi connectivity index (χ4v) is 6.25. The normalized spacial score (nSPS) is 22.8. The zero-order chi connectivity index (χ0) is 26.6. The minimum absolute atomic E-state index is 0.0777. The van der Waals surface area contributed by atoms with Gasteiger partial charge in [0.05, 0.1) is 28.4 Å². The molecular weight excluding hydrogens is 509 g/mol. The van der Waals surface area contributed by atoms with E-state index in [2.05, 4.69) is 20.6 Å². The number of nitrogens with one attached hydrogen (secondary N) is 2. The molecule has 0 radical (unpaired) electrons. The maximum atomic E-state index is 15.1. The van der Waals surface area contributed by atoms with Crippen molar-refractivity contribution in [2.75, 3.05) is 38.5 Å². The first-order valence-corrected chi connectivity index (χ1v) is 14.1. The van der Waals surface area contributed by atoms with Crippen molar-refractivity contribution in [2.45, 2.75) is 36.9 Å². The SMILES string of the molecule is CC1=C(Nc2ccc(S(=O)(=O)N3CCN(C)CC3)cc2F)NC2C=CC(c3cnn(C4CC4)c3)=CN2C1=O. The van der Waals surface area contributed by atoms with Gasteiger partial charge in [-0.1, -0.05) is 6.08 Å². The topological polar surface area (TPSA) is 103 Å². The lowest BCUT2D eigenvalue weighted by molar-refractivity contribution is -0.127. The van der Waals surface area contributed by atoms with Crippen LogP contribution in [-0.2, 0) is 14.8 Å². The highest BCUT2D eigenvalue weighted by Gasteiger charge is 2.33. The molecule has 10 nitrogen and oxygen atoms in total. The lowest BCUT2D eigenvalue weighted by atomic mass is 10.0. The molecule has 1 unspecified atom stereocenters. The van der Waals surface area contributed by atoms with E-state index in [9.17, 15) is 13.2 Å². The van der Waals surface area contributed by atoms with E-state index in [1.165, 1.54) is 16.4 Å². The Balaban J connectivity index is 1.19. The quantitative estimate of drug-likeness (QED) is 0.581. The number of hydrogen-bond donors (Lipinski definition) is 2. The molecule has 38 heavy (non-hydrogen) atoms. The number of halogens is 1. The standard InChI is InChI=1S/C26H30FN7O3S/c1-17-25(29-23-7-6-21(13-22(23)27)38(36,37)32-11-9-31(2)10-12-32)30-24-8-3-18(15-33(24)26(17)35)19-14-28-34(16-19)20-4-5-20/h3,6-8,13-16,20,24,29-30H,4-5,9-12H2,1-2H3. The second-order valence-corrected chi connectivity index (χ2v) is 12.1. The van der Waals surface area contributed by atoms with Crippen molar-refractivity contribution in [3.05, 3.63) is 71.7 Å². The van der Waals surface area contributed by atoms with Crippen LogP contribution in [0.4, 0.5) is 10.1 Å². The van der Waals surface area contributed by atoms with E-state index in [1.807, 2.05) is 36.3 Å². The number of carbonyl (C=O) groups is 1. The number of amides is 1. The molecule has 2 N–H and O–H groups in total. The van der Waals surface area contributed by atoms with Gasteiger partial charge in [0, 0.05) is 49.7 Å². The lowest BCUT2D eigenvalue weighted by Crippen LogP contribution is -2.51. The minimum Gasteiger partial charge on any atom is -0.347 e. The van der Waals surface area contributed by atoms with Crippen molar-refractivity contribution in [3.63, 3.8) is 0 Å². The van der Waals surface area contributed by atoms with Crippen LogP contribution >= 0.6 is 0 Å². The van der Waals surface area contributed by atoms with Crippen LogP contribution < -0.4 is 10.6 Å². The fourth-order valence-electron chi connectivity index (χ4n) is 4.82. The van der Waals surface area contributed by atoms with E-state index in [0.29, 0.717) is 43.6 Å². The number of allylic oxidation sites excluding steroid dienone is 2. The van der Waals surface area contributed by atoms with Crippen molar-refractivity contribution in [3.8, 4) is 0 Å². The zero-order valence-electron chi connectivity index (χ0n) is 21.3. The van der Waals surface area contributed by atoms with Crippen molar-refractivity contribution >= 4 is 27.2 Å². The van der Waals surface area contributed by atoms with Gasteiger partial charge in [-0.05, 0) is 51.1 Å². The lowest BCUT2D eigenvalue weighted by Gasteiger charge is -2.37. The van der Waals surface area contributed by atoms with Crippen LogP contribution in [-0.4, -0.2) is 77.6 Å². The van der Waals surface area contributed by atoms with E-state index in [1.54, 1.807) is 18.0 Å². The summed E-state index contributed by atoms with van der Waals surface area (Å²) in [5, 5.41) is 10.6. The van der Waals surface area contributed by atoms with Crippen LogP contribution in [0.5, 0.6) is 0 Å². The molecule has 1 saturated carbocycles. The molecule has 1 aliphatic carbocycles. The zero-order valence-corrected chi connectivity index (χ0v) is 22.1. The second kappa shape index (κ2) is 9.37. The van der Waals surface area contributed by atoms with Crippen LogP contribution in [0.2, 0.25) is 0 Å². The summed E-state index contributed by atoms with van der Waals surface area (Å²) in [6.45, 7) is 3.64. The molecule has 2 fully saturated rings. The predicted octanol–water partition coefficient (Wildman–Crippen LogP) is 2.31. The van der Waals surface area contributed by atoms with Crippen molar-refractivity contribution in [2.24, 2.45) is 0 Å². The summed E-state index contributed by atoms with van der Waals surface area (Å²) in [6, 6.07) is 4.29. The van der Waals surface area contributed by atoms with E-state index < -0.39 is 22.0 Å². The second-order valence-electron chi connectivity index (χ2n) is 10.2. The number of rotatable bonds is 6. The van der Waals surface area contributed by atoms with Crippen molar-refractivity contribution in [1.29, 1.82) is 0 Å². The number of carbonyl (C=O) groups excluding carboxylic acids is 1. The van der Waals surface area contributed by atoms with Gasteiger partial charge in [-0.25, -0.2) is 12.8 Å². The van der Waals surface area contributed by atoms with Gasteiger partial charge >= 0.3 is 0 Å². The number of fused-ring (bicyclic) bond motifs is 1. The average Bonchev–Trinajstić information content (AvgIpc) is 3.64. The molecule has 1 aromatic carbocycles. The Bertz CT molecular complexity index is 1480. The highest BCUT2D eigenvalue weighted by atomic mass is 32.2. The molecule has 4 heterocycles. The van der Waals surface area contributed by atoms with Crippen LogP contribution in [0.1, 0.15) is 31.4 Å². The third-order valence-electron chi connectivity index (χ3n) is 7.41. The Kier molecular flexibility index (Phi) is 6.12. The van der Waals surface area contributed by atoms with Gasteiger partial charge in [0.1, 0.15) is 17.8 Å². The van der Waals surface area contributed by atoms with Crippen LogP contribution in [0.3, 0.4) is 0 Å². The molecule has 1 aromatic heterocycles. The summed E-state index contributed by atoms with van der Waals surface area (Å²) in [5.74, 6) is -0.568. The largest absolute Gasteiger partial charge is 0.347 e. The number of nitrogens with zero attached hydrogens (tertiary/aromatic N) is 5. The monoisotopic (exact) mass is 539 g/mol. The summed E-state index contributed by atoms with van der Waals surface area (Å²) < 4.78 is 44.4. The Labute approximate surface area is 221 Å². The molecule has 1 atom stereocenters. The summed E-state index contributed by atoms with van der Waals surface area (Å²) in [6.07, 6.45) is 11.3. The molecule has 1 amide bonds. The van der Waals surface area contributed by atoms with Crippen LogP contribution in [0.25, 0.3) is 5.57 Å². The summed E-state index contributed by atoms with van der Waals surface area (Å²) >= 11 is 0. The van der Waals surface area contributed by atoms with E-state index >= 15 is 4.39 Å². The van der Waals surface area contributed by atoms with Crippen LogP contribution in [0, 0.1) is 5.82 Å². The molecular formula is C26H30FN7O3S. The fraction of sp³-hybridized carbons (Fsp3) is 0.385. The van der Waals surface area contributed by atoms with Crippen LogP contribution in [0.15, 0.2) is 65.2 Å². The molecule has 0 spiro atoms. The maximum absolute atomic E-state index is 15.1. The third kappa shape index (κ3) is 4.52. The van der Waals surface area contributed by atoms with Gasteiger partial charge in [-0.2, -0.15) is 9.40 Å². The maximum Gasteiger partial charge on any atom is 0.259 e. The molecule has 6 rings (SSSR count). The molecule has 4 aliphatic rings. The van der Waals surface area contributed by atoms with Crippen molar-refractivity contribution in [1.82, 2.24) is 29.2 Å². The van der Waals surface area contributed by atoms with E-state index in [0.717, 1.165) is 30.0 Å². The summed E-state index contributed by atoms with van der Waals surface area (Å²) in [7, 11) is -1.86. The molecule has 12 heteroatoms. The average molecular weight is 540 g/mol. The van der Waals surface area contributed by atoms with Gasteiger partial charge in [-0.15, -0.1) is 0 Å². The first kappa shape index (κ1) is 24.8. The Morgan fingerprint density at radius 3 is 2.63 bits per heavy atom. The molecule has 200 valence electrons. The Morgan fingerprint density at radius 1 is 1.16 bits per heavy atom. The smallest absolute Gasteiger partial charge is 0.259 e. The van der Waals surface area contributed by atoms with Gasteiger partial charge in [0.2, 0.25) is 10.0 Å². The highest BCUT2D eigenvalue weighted by Crippen LogP contribution is 2.35. The third-order valence-corrected chi connectivity index (χ3v) is 9.31. The Morgan fingerprint density at radius 2 is 1.92 bits per heavy atom. The van der Waals surface area contributed by atoms with Crippen molar-refractivity contribution < 1.29 is 17.6 Å². The minimum atomic E-state index is -3.79. The number of anilines is 1. The van der Waals surface area contributed by atoms with Gasteiger partial charge in [-0.3, -0.25) is 14.4 Å². The number of piperazine rings is 1. The predicted molar refractivity (Wildman–Crippen MR) is 140 cm³/mol. The molecule has 1 saturated heterocycles. The Hall–Kier alpha value is -3.48.